The number of nitrogens with one attached hydrogen (secondary N) is 3. The third-order valence-electron chi connectivity index (χ3n) is 6.79. The van der Waals surface area contributed by atoms with Crippen molar-refractivity contribution in [2.75, 3.05) is 17.7 Å². The van der Waals surface area contributed by atoms with Crippen molar-refractivity contribution in [3.63, 3.8) is 0 Å². The molecule has 5 aromatic rings. The van der Waals surface area contributed by atoms with E-state index in [9.17, 15) is 14.4 Å². The van der Waals surface area contributed by atoms with E-state index in [0.717, 1.165) is 21.4 Å². The van der Waals surface area contributed by atoms with Gasteiger partial charge in [-0.3, -0.25) is 14.4 Å². The molecule has 5 rings (SSSR count). The molecule has 0 aliphatic carbocycles. The fourth-order valence-electron chi connectivity index (χ4n) is 4.56. The molecule has 8 heteroatoms. The second kappa shape index (κ2) is 14.2. The van der Waals surface area contributed by atoms with E-state index in [1.165, 1.54) is 11.8 Å². The fraction of sp³-hybridized carbons (Fsp3) is 0.0833. The van der Waals surface area contributed by atoms with E-state index in [1.54, 1.807) is 67.8 Å². The van der Waals surface area contributed by atoms with Gasteiger partial charge in [-0.15, -0.1) is 11.8 Å². The molecule has 0 spiro atoms. The van der Waals surface area contributed by atoms with Gasteiger partial charge >= 0.3 is 0 Å². The van der Waals surface area contributed by atoms with Crippen molar-refractivity contribution in [2.24, 2.45) is 0 Å². The summed E-state index contributed by atoms with van der Waals surface area (Å²) < 4.78 is 5.44. The van der Waals surface area contributed by atoms with E-state index in [4.69, 9.17) is 4.74 Å². The SMILES string of the molecule is COc1ccccc1/C=C(/NC(=O)c1ccccc1)C(=O)Nc1cccc(SC(C)C(=O)Nc2cccc3ccccc23)c1. The van der Waals surface area contributed by atoms with E-state index in [1.807, 2.05) is 73.7 Å². The lowest BCUT2D eigenvalue weighted by Crippen LogP contribution is -2.30. The lowest BCUT2D eigenvalue weighted by Gasteiger charge is -2.15. The van der Waals surface area contributed by atoms with Crippen molar-refractivity contribution >= 4 is 57.7 Å². The van der Waals surface area contributed by atoms with Gasteiger partial charge in [0.05, 0.1) is 12.4 Å². The number of amides is 3. The Hall–Kier alpha value is -5.34. The van der Waals surface area contributed by atoms with Crippen LogP contribution in [0.25, 0.3) is 16.8 Å². The standard InChI is InChI=1S/C36H31N3O4S/c1-24(34(40)38-31-20-10-16-25-12-6-8-19-30(25)31)44-29-18-11-17-28(23-29)37-36(42)32(22-27-15-7-9-21-33(27)43-2)39-35(41)26-13-4-3-5-14-26/h3-24H,1-2H3,(H,37,42)(H,38,40)(H,39,41)/b32-22+. The molecule has 1 atom stereocenters. The second-order valence-electron chi connectivity index (χ2n) is 9.88. The molecule has 1 unspecified atom stereocenters. The number of anilines is 2. The van der Waals surface area contributed by atoms with Crippen molar-refractivity contribution in [3.05, 3.63) is 138 Å². The molecule has 0 aromatic heterocycles. The number of hydrogen-bond donors (Lipinski definition) is 3. The van der Waals surface area contributed by atoms with Crippen LogP contribution in [0.1, 0.15) is 22.8 Å². The Morgan fingerprint density at radius 2 is 1.48 bits per heavy atom. The maximum absolute atomic E-state index is 13.5. The summed E-state index contributed by atoms with van der Waals surface area (Å²) in [6, 6.07) is 36.8. The van der Waals surface area contributed by atoms with E-state index in [0.29, 0.717) is 22.6 Å². The normalized spacial score (nSPS) is 11.8. The highest BCUT2D eigenvalue weighted by Gasteiger charge is 2.18. The van der Waals surface area contributed by atoms with Crippen LogP contribution in [0.2, 0.25) is 0 Å². The number of carbonyl (C=O) groups excluding carboxylic acids is 3. The predicted molar refractivity (Wildman–Crippen MR) is 178 cm³/mol. The maximum atomic E-state index is 13.5. The Balaban J connectivity index is 1.31. The minimum atomic E-state index is -0.510. The first-order valence-electron chi connectivity index (χ1n) is 14.0. The number of thioether (sulfide) groups is 1. The summed E-state index contributed by atoms with van der Waals surface area (Å²) in [6.45, 7) is 1.84. The molecule has 0 saturated carbocycles. The molecule has 220 valence electrons. The van der Waals surface area contributed by atoms with Crippen LogP contribution in [0.5, 0.6) is 5.75 Å². The van der Waals surface area contributed by atoms with Crippen LogP contribution >= 0.6 is 11.8 Å². The first-order valence-corrected chi connectivity index (χ1v) is 14.9. The highest BCUT2D eigenvalue weighted by atomic mass is 32.2. The molecular weight excluding hydrogens is 570 g/mol. The zero-order chi connectivity index (χ0) is 30.9. The number of methoxy groups -OCH3 is 1. The van der Waals surface area contributed by atoms with Gasteiger partial charge in [0, 0.05) is 32.8 Å². The van der Waals surface area contributed by atoms with Crippen molar-refractivity contribution in [1.29, 1.82) is 0 Å². The number of hydrogen-bond acceptors (Lipinski definition) is 5. The van der Waals surface area contributed by atoms with Crippen LogP contribution in [-0.4, -0.2) is 30.1 Å². The predicted octanol–water partition coefficient (Wildman–Crippen LogP) is 7.38. The Morgan fingerprint density at radius 1 is 0.773 bits per heavy atom. The first kappa shape index (κ1) is 30.1. The van der Waals surface area contributed by atoms with Gasteiger partial charge in [-0.1, -0.05) is 78.9 Å². The third kappa shape index (κ3) is 7.53. The molecule has 0 aliphatic rings. The summed E-state index contributed by atoms with van der Waals surface area (Å²) in [5.41, 5.74) is 2.36. The van der Waals surface area contributed by atoms with Gasteiger partial charge in [0.2, 0.25) is 5.91 Å². The van der Waals surface area contributed by atoms with Crippen LogP contribution in [0.15, 0.2) is 132 Å². The van der Waals surface area contributed by atoms with E-state index in [-0.39, 0.29) is 11.6 Å². The van der Waals surface area contributed by atoms with Gasteiger partial charge in [-0.05, 0) is 60.9 Å². The van der Waals surface area contributed by atoms with Gasteiger partial charge in [-0.25, -0.2) is 0 Å². The minimum Gasteiger partial charge on any atom is -0.496 e. The molecule has 3 amide bonds. The highest BCUT2D eigenvalue weighted by Crippen LogP contribution is 2.29. The lowest BCUT2D eigenvalue weighted by molar-refractivity contribution is -0.115. The fourth-order valence-corrected chi connectivity index (χ4v) is 5.48. The number of para-hydroxylation sites is 1. The number of fused-ring (bicyclic) bond motifs is 1. The van der Waals surface area contributed by atoms with Crippen LogP contribution < -0.4 is 20.7 Å². The van der Waals surface area contributed by atoms with Gasteiger partial charge in [0.15, 0.2) is 0 Å². The molecule has 7 nitrogen and oxygen atoms in total. The monoisotopic (exact) mass is 601 g/mol. The van der Waals surface area contributed by atoms with Crippen LogP contribution in [-0.2, 0) is 9.59 Å². The summed E-state index contributed by atoms with van der Waals surface area (Å²) in [5, 5.41) is 10.3. The summed E-state index contributed by atoms with van der Waals surface area (Å²) in [6.07, 6.45) is 1.58. The smallest absolute Gasteiger partial charge is 0.272 e. The van der Waals surface area contributed by atoms with Crippen LogP contribution in [0.4, 0.5) is 11.4 Å². The van der Waals surface area contributed by atoms with Crippen LogP contribution in [0.3, 0.4) is 0 Å². The molecule has 0 saturated heterocycles. The van der Waals surface area contributed by atoms with E-state index in [2.05, 4.69) is 16.0 Å². The largest absolute Gasteiger partial charge is 0.496 e. The van der Waals surface area contributed by atoms with Gasteiger partial charge in [-0.2, -0.15) is 0 Å². The van der Waals surface area contributed by atoms with Crippen LogP contribution in [0, 0.1) is 0 Å². The van der Waals surface area contributed by atoms with Crippen molar-refractivity contribution in [3.8, 4) is 5.75 Å². The lowest BCUT2D eigenvalue weighted by atomic mass is 10.1. The molecular formula is C36H31N3O4S. The highest BCUT2D eigenvalue weighted by molar-refractivity contribution is 8.00. The molecule has 0 bridgehead atoms. The average molecular weight is 602 g/mol. The Morgan fingerprint density at radius 3 is 2.30 bits per heavy atom. The average Bonchev–Trinajstić information content (AvgIpc) is 3.05. The molecule has 0 fully saturated rings. The molecule has 0 aliphatic heterocycles. The number of benzene rings is 5. The summed E-state index contributed by atoms with van der Waals surface area (Å²) in [4.78, 5) is 40.4. The number of ether oxygens (including phenoxy) is 1. The zero-order valence-electron chi connectivity index (χ0n) is 24.2. The quantitative estimate of drug-likeness (QED) is 0.115. The van der Waals surface area contributed by atoms with Gasteiger partial charge in [0.25, 0.3) is 11.8 Å². The molecule has 5 aromatic carbocycles. The van der Waals surface area contributed by atoms with Gasteiger partial charge < -0.3 is 20.7 Å². The first-order chi connectivity index (χ1) is 21.4. The number of rotatable bonds is 10. The number of carbonyl (C=O) groups is 3. The van der Waals surface area contributed by atoms with Gasteiger partial charge in [0.1, 0.15) is 11.4 Å². The minimum absolute atomic E-state index is 0.0456. The summed E-state index contributed by atoms with van der Waals surface area (Å²) in [5.74, 6) is -0.506. The topological polar surface area (TPSA) is 96.5 Å². The molecule has 44 heavy (non-hydrogen) atoms. The van der Waals surface area contributed by atoms with E-state index >= 15 is 0 Å². The summed E-state index contributed by atoms with van der Waals surface area (Å²) in [7, 11) is 1.54. The van der Waals surface area contributed by atoms with E-state index < -0.39 is 17.1 Å². The zero-order valence-corrected chi connectivity index (χ0v) is 25.1. The maximum Gasteiger partial charge on any atom is 0.272 e. The molecule has 0 heterocycles. The second-order valence-corrected chi connectivity index (χ2v) is 11.3. The Bertz CT molecular complexity index is 1830. The Labute approximate surface area is 260 Å². The van der Waals surface area contributed by atoms with Crippen molar-refractivity contribution in [1.82, 2.24) is 5.32 Å². The summed E-state index contributed by atoms with van der Waals surface area (Å²) >= 11 is 1.38. The molecule has 0 radical (unpaired) electrons. The Kier molecular flexibility index (Phi) is 9.74. The third-order valence-corrected chi connectivity index (χ3v) is 7.88. The van der Waals surface area contributed by atoms with Crippen molar-refractivity contribution < 1.29 is 19.1 Å². The van der Waals surface area contributed by atoms with Crippen molar-refractivity contribution in [2.45, 2.75) is 17.1 Å². The molecule has 3 N–H and O–H groups in total.